The van der Waals surface area contributed by atoms with E-state index in [9.17, 15) is 9.00 Å². The van der Waals surface area contributed by atoms with Gasteiger partial charge in [-0.3, -0.25) is 14.0 Å². The molecule has 3 aromatic rings. The van der Waals surface area contributed by atoms with Crippen molar-refractivity contribution in [3.05, 3.63) is 47.3 Å². The Morgan fingerprint density at radius 2 is 2.17 bits per heavy atom. The maximum atomic E-state index is 12.6. The molecule has 1 atom stereocenters. The summed E-state index contributed by atoms with van der Waals surface area (Å²) in [5.41, 5.74) is 3.48. The number of H-pyrrole nitrogens is 1. The first kappa shape index (κ1) is 16.3. The minimum atomic E-state index is -1.40. The first-order valence-electron chi connectivity index (χ1n) is 7.37. The van der Waals surface area contributed by atoms with Gasteiger partial charge >= 0.3 is 0 Å². The molecule has 124 valence electrons. The molecule has 6 nitrogen and oxygen atoms in total. The van der Waals surface area contributed by atoms with E-state index in [0.717, 1.165) is 11.1 Å². The summed E-state index contributed by atoms with van der Waals surface area (Å²) < 4.78 is 17.8. The van der Waals surface area contributed by atoms with Crippen molar-refractivity contribution in [3.63, 3.8) is 0 Å². The van der Waals surface area contributed by atoms with Crippen molar-refractivity contribution in [2.75, 3.05) is 7.11 Å². The summed E-state index contributed by atoms with van der Waals surface area (Å²) in [6, 6.07) is 7.12. The van der Waals surface area contributed by atoms with Crippen LogP contribution < -0.4 is 4.74 Å². The molecule has 0 amide bonds. The van der Waals surface area contributed by atoms with E-state index in [4.69, 9.17) is 4.74 Å². The number of imidazole rings is 1. The van der Waals surface area contributed by atoms with Gasteiger partial charge < -0.3 is 9.72 Å². The number of nitrogens with one attached hydrogen (secondary N) is 1. The fourth-order valence-corrected chi connectivity index (χ4v) is 3.56. The van der Waals surface area contributed by atoms with Gasteiger partial charge in [-0.05, 0) is 43.7 Å². The Hall–Kier alpha value is -2.54. The molecule has 3 rings (SSSR count). The Kier molecular flexibility index (Phi) is 4.44. The van der Waals surface area contributed by atoms with Gasteiger partial charge in [-0.25, -0.2) is 4.98 Å². The number of ether oxygens (including phenoxy) is 1. The molecule has 0 saturated carbocycles. The van der Waals surface area contributed by atoms with Crippen molar-refractivity contribution in [2.24, 2.45) is 0 Å². The number of benzene rings is 1. The molecule has 1 N–H and O–H groups in total. The van der Waals surface area contributed by atoms with Gasteiger partial charge in [-0.15, -0.1) is 0 Å². The van der Waals surface area contributed by atoms with Gasteiger partial charge in [0.15, 0.2) is 10.9 Å². The quantitative estimate of drug-likeness (QED) is 0.720. The predicted molar refractivity (Wildman–Crippen MR) is 91.7 cm³/mol. The lowest BCUT2D eigenvalue weighted by Crippen LogP contribution is -2.02. The van der Waals surface area contributed by atoms with Crippen LogP contribution in [0.15, 0.2) is 35.6 Å². The van der Waals surface area contributed by atoms with Crippen LogP contribution in [-0.4, -0.2) is 32.1 Å². The minimum Gasteiger partial charge on any atom is -0.495 e. The number of ketones is 1. The summed E-state index contributed by atoms with van der Waals surface area (Å²) in [5, 5.41) is 0.359. The molecule has 0 fully saturated rings. The van der Waals surface area contributed by atoms with Crippen LogP contribution in [0.1, 0.15) is 28.5 Å². The van der Waals surface area contributed by atoms with E-state index in [2.05, 4.69) is 15.0 Å². The Bertz CT molecular complexity index is 949. The van der Waals surface area contributed by atoms with E-state index in [1.807, 2.05) is 13.0 Å². The third kappa shape index (κ3) is 3.07. The zero-order chi connectivity index (χ0) is 17.3. The number of hydrogen-bond donors (Lipinski definition) is 1. The average Bonchev–Trinajstić information content (AvgIpc) is 2.97. The van der Waals surface area contributed by atoms with Crippen LogP contribution >= 0.6 is 0 Å². The zero-order valence-corrected chi connectivity index (χ0v) is 14.4. The molecule has 2 heterocycles. The minimum absolute atomic E-state index is 0.0155. The van der Waals surface area contributed by atoms with Gasteiger partial charge in [0.2, 0.25) is 0 Å². The normalized spacial score (nSPS) is 12.3. The summed E-state index contributed by atoms with van der Waals surface area (Å²) in [6.07, 6.45) is 1.64. The smallest absolute Gasteiger partial charge is 0.197 e. The van der Waals surface area contributed by atoms with Crippen molar-refractivity contribution < 1.29 is 13.7 Å². The first-order valence-corrected chi connectivity index (χ1v) is 8.69. The predicted octanol–water partition coefficient (Wildman–Crippen LogP) is 2.79. The van der Waals surface area contributed by atoms with E-state index in [1.165, 1.54) is 6.92 Å². The summed E-state index contributed by atoms with van der Waals surface area (Å²) in [7, 11) is 0.155. The molecule has 0 aliphatic heterocycles. The lowest BCUT2D eigenvalue weighted by molar-refractivity contribution is 0.101. The van der Waals surface area contributed by atoms with Crippen LogP contribution in [0.25, 0.3) is 11.0 Å². The lowest BCUT2D eigenvalue weighted by Gasteiger charge is -2.05. The third-order valence-electron chi connectivity index (χ3n) is 3.74. The highest BCUT2D eigenvalue weighted by atomic mass is 32.2. The number of aryl methyl sites for hydroxylation is 1. The largest absolute Gasteiger partial charge is 0.495 e. The van der Waals surface area contributed by atoms with Gasteiger partial charge in [0, 0.05) is 11.8 Å². The summed E-state index contributed by atoms with van der Waals surface area (Å²) in [6.45, 7) is 3.39. The number of methoxy groups -OCH3 is 1. The maximum Gasteiger partial charge on any atom is 0.197 e. The number of aromatic amines is 1. The number of Topliss-reactive ketones (excluding diaryl/α,β-unsaturated/α-hetero) is 1. The number of pyridine rings is 1. The highest BCUT2D eigenvalue weighted by Gasteiger charge is 2.16. The highest BCUT2D eigenvalue weighted by molar-refractivity contribution is 7.84. The molecule has 2 aromatic heterocycles. The van der Waals surface area contributed by atoms with Crippen LogP contribution in [0.5, 0.6) is 5.75 Å². The van der Waals surface area contributed by atoms with Crippen molar-refractivity contribution in [1.82, 2.24) is 15.0 Å². The summed E-state index contributed by atoms with van der Waals surface area (Å²) >= 11 is 0. The molecule has 7 heteroatoms. The van der Waals surface area contributed by atoms with E-state index in [0.29, 0.717) is 27.7 Å². The Morgan fingerprint density at radius 3 is 2.88 bits per heavy atom. The number of nitrogens with zero attached hydrogens (tertiary/aromatic N) is 2. The molecule has 0 radical (unpaired) electrons. The molecule has 1 aromatic carbocycles. The molecule has 1 unspecified atom stereocenters. The molecule has 0 spiro atoms. The summed E-state index contributed by atoms with van der Waals surface area (Å²) in [5.74, 6) is 0.775. The number of rotatable bonds is 5. The Balaban J connectivity index is 1.94. The molecule has 0 bridgehead atoms. The number of hydrogen-bond acceptors (Lipinski definition) is 5. The Morgan fingerprint density at radius 1 is 1.38 bits per heavy atom. The molecular formula is C17H17N3O3S. The van der Waals surface area contributed by atoms with E-state index in [1.54, 1.807) is 31.5 Å². The van der Waals surface area contributed by atoms with E-state index >= 15 is 0 Å². The number of aromatic nitrogens is 3. The number of fused-ring (bicyclic) bond motifs is 1. The fourth-order valence-electron chi connectivity index (χ4n) is 2.54. The Labute approximate surface area is 141 Å². The van der Waals surface area contributed by atoms with Gasteiger partial charge in [0.25, 0.3) is 0 Å². The number of carbonyl (C=O) groups is 1. The third-order valence-corrected chi connectivity index (χ3v) is 4.90. The van der Waals surface area contributed by atoms with E-state index in [-0.39, 0.29) is 11.5 Å². The van der Waals surface area contributed by atoms with Gasteiger partial charge in [0.05, 0.1) is 40.4 Å². The van der Waals surface area contributed by atoms with Crippen LogP contribution in [0, 0.1) is 6.92 Å². The highest BCUT2D eigenvalue weighted by Crippen LogP contribution is 2.22. The maximum absolute atomic E-state index is 12.6. The second-order valence-electron chi connectivity index (χ2n) is 5.42. The van der Waals surface area contributed by atoms with Crippen LogP contribution in [0.4, 0.5) is 0 Å². The van der Waals surface area contributed by atoms with Crippen molar-refractivity contribution in [3.8, 4) is 5.75 Å². The molecule has 0 aliphatic rings. The lowest BCUT2D eigenvalue weighted by atomic mass is 10.0. The second kappa shape index (κ2) is 6.52. The molecular weight excluding hydrogens is 326 g/mol. The van der Waals surface area contributed by atoms with E-state index < -0.39 is 10.8 Å². The fraction of sp³-hybridized carbons (Fsp3) is 0.235. The van der Waals surface area contributed by atoms with Crippen LogP contribution in [0.2, 0.25) is 0 Å². The topological polar surface area (TPSA) is 84.9 Å². The van der Waals surface area contributed by atoms with Gasteiger partial charge in [-0.2, -0.15) is 0 Å². The first-order chi connectivity index (χ1) is 11.5. The number of carbonyl (C=O) groups excluding carboxylic acids is 1. The monoisotopic (exact) mass is 343 g/mol. The van der Waals surface area contributed by atoms with Gasteiger partial charge in [0.1, 0.15) is 5.75 Å². The SMILES string of the molecule is COc1cccnc1CS(=O)c1nc2cc(C(C)=O)c(C)cc2[nH]1. The summed E-state index contributed by atoms with van der Waals surface area (Å²) in [4.78, 5) is 23.3. The second-order valence-corrected chi connectivity index (χ2v) is 6.79. The van der Waals surface area contributed by atoms with Crippen molar-refractivity contribution in [1.29, 1.82) is 0 Å². The average molecular weight is 343 g/mol. The molecule has 0 aliphatic carbocycles. The molecule has 0 saturated heterocycles. The standard InChI is InChI=1S/C17H17N3O3S/c1-10-7-13-14(8-12(10)11(2)21)20-17(19-13)24(22)9-15-16(23-3)5-4-6-18-15/h4-8H,9H2,1-3H3,(H,19,20). The van der Waals surface area contributed by atoms with Crippen LogP contribution in [-0.2, 0) is 16.6 Å². The van der Waals surface area contributed by atoms with Crippen molar-refractivity contribution in [2.45, 2.75) is 24.8 Å². The zero-order valence-electron chi connectivity index (χ0n) is 13.6. The van der Waals surface area contributed by atoms with Crippen LogP contribution in [0.3, 0.4) is 0 Å². The molecule has 24 heavy (non-hydrogen) atoms. The van der Waals surface area contributed by atoms with Gasteiger partial charge in [-0.1, -0.05) is 0 Å². The van der Waals surface area contributed by atoms with Crippen molar-refractivity contribution >= 4 is 27.6 Å².